The van der Waals surface area contributed by atoms with Crippen LogP contribution >= 0.6 is 0 Å². The van der Waals surface area contributed by atoms with E-state index < -0.39 is 0 Å². The Balaban J connectivity index is 1.94. The normalized spacial score (nSPS) is 46.9. The molecule has 0 saturated heterocycles. The maximum absolute atomic E-state index is 4.09. The van der Waals surface area contributed by atoms with E-state index in [1.807, 2.05) is 0 Å². The third-order valence-electron chi connectivity index (χ3n) is 7.24. The smallest absolute Gasteiger partial charge is 0.0112 e. The lowest BCUT2D eigenvalue weighted by molar-refractivity contribution is -0.0489. The fraction of sp³-hybridized carbons (Fsp3) is 0.800. The number of hydrogen-bond acceptors (Lipinski definition) is 0. The molecule has 0 aromatic rings. The molecule has 4 atom stereocenters. The lowest BCUT2D eigenvalue weighted by Gasteiger charge is -2.59. The molecule has 0 nitrogen and oxygen atoms in total. The van der Waals surface area contributed by atoms with Gasteiger partial charge in [-0.3, -0.25) is 0 Å². The van der Waals surface area contributed by atoms with Crippen molar-refractivity contribution >= 4 is 0 Å². The summed E-state index contributed by atoms with van der Waals surface area (Å²) in [7, 11) is 0. The minimum atomic E-state index is 0.357. The molecule has 0 N–H and O–H groups in total. The summed E-state index contributed by atoms with van der Waals surface area (Å²) in [6, 6.07) is 0. The molecule has 0 spiro atoms. The van der Waals surface area contributed by atoms with E-state index >= 15 is 0 Å². The van der Waals surface area contributed by atoms with E-state index in [1.165, 1.54) is 44.9 Å². The molecule has 3 aliphatic carbocycles. The number of rotatable bonds is 1. The van der Waals surface area contributed by atoms with E-state index in [9.17, 15) is 0 Å². The summed E-state index contributed by atoms with van der Waals surface area (Å²) in [5, 5.41) is 0. The zero-order valence-corrected chi connectivity index (χ0v) is 14.0. The summed E-state index contributed by atoms with van der Waals surface area (Å²) in [5.74, 6) is 1.75. The predicted molar refractivity (Wildman–Crippen MR) is 87.6 cm³/mol. The monoisotopic (exact) mass is 272 g/mol. The van der Waals surface area contributed by atoms with Gasteiger partial charge in [0.1, 0.15) is 0 Å². The maximum Gasteiger partial charge on any atom is -0.0112 e. The van der Waals surface area contributed by atoms with E-state index in [0.717, 1.165) is 11.8 Å². The van der Waals surface area contributed by atoms with Crippen molar-refractivity contribution in [3.8, 4) is 0 Å². The van der Waals surface area contributed by atoms with Gasteiger partial charge >= 0.3 is 0 Å². The summed E-state index contributed by atoms with van der Waals surface area (Å²) in [5.41, 5.74) is 3.23. The van der Waals surface area contributed by atoms with Gasteiger partial charge in [0, 0.05) is 0 Å². The summed E-state index contributed by atoms with van der Waals surface area (Å²) in [4.78, 5) is 0. The molecule has 0 bridgehead atoms. The molecule has 2 fully saturated rings. The van der Waals surface area contributed by atoms with Gasteiger partial charge in [-0.1, -0.05) is 51.8 Å². The van der Waals surface area contributed by atoms with Crippen molar-refractivity contribution in [1.82, 2.24) is 0 Å². The van der Waals surface area contributed by atoms with E-state index in [1.54, 1.807) is 5.57 Å². The Kier molecular flexibility index (Phi) is 3.23. The second-order valence-electron chi connectivity index (χ2n) is 9.04. The van der Waals surface area contributed by atoms with Crippen molar-refractivity contribution in [2.75, 3.05) is 0 Å². The Morgan fingerprint density at radius 2 is 1.90 bits per heavy atom. The predicted octanol–water partition coefficient (Wildman–Crippen LogP) is 6.14. The molecule has 2 saturated carbocycles. The van der Waals surface area contributed by atoms with Gasteiger partial charge in [0.25, 0.3) is 0 Å². The van der Waals surface area contributed by atoms with Gasteiger partial charge < -0.3 is 0 Å². The molecule has 0 heteroatoms. The second-order valence-corrected chi connectivity index (χ2v) is 9.04. The number of allylic oxidation sites excluding steroid dienone is 3. The van der Waals surface area contributed by atoms with Gasteiger partial charge in [-0.2, -0.15) is 0 Å². The molecule has 112 valence electrons. The Labute approximate surface area is 125 Å². The van der Waals surface area contributed by atoms with Crippen molar-refractivity contribution < 1.29 is 0 Å². The summed E-state index contributed by atoms with van der Waals surface area (Å²) in [6.07, 6.45) is 14.5. The molecule has 0 unspecified atom stereocenters. The van der Waals surface area contributed by atoms with Gasteiger partial charge in [-0.15, -0.1) is 6.58 Å². The largest absolute Gasteiger partial charge is 0.103 e. The Morgan fingerprint density at radius 1 is 1.15 bits per heavy atom. The van der Waals surface area contributed by atoms with Gasteiger partial charge in [0.05, 0.1) is 0 Å². The van der Waals surface area contributed by atoms with Crippen LogP contribution < -0.4 is 0 Å². The van der Waals surface area contributed by atoms with Crippen molar-refractivity contribution in [2.24, 2.45) is 28.1 Å². The van der Waals surface area contributed by atoms with Crippen LogP contribution in [0.15, 0.2) is 24.3 Å². The summed E-state index contributed by atoms with van der Waals surface area (Å²) < 4.78 is 0. The fourth-order valence-corrected chi connectivity index (χ4v) is 5.92. The van der Waals surface area contributed by atoms with Crippen LogP contribution in [0.1, 0.15) is 72.6 Å². The topological polar surface area (TPSA) is 0 Å². The number of fused-ring (bicyclic) bond motifs is 3. The van der Waals surface area contributed by atoms with Crippen LogP contribution in [0, 0.1) is 28.1 Å². The first kappa shape index (κ1) is 14.4. The highest BCUT2D eigenvalue weighted by atomic mass is 14.6. The highest BCUT2D eigenvalue weighted by molar-refractivity contribution is 5.24. The standard InChI is InChI=1S/C20H32/c1-6-19(4)13-10-16-15(14-19)8-9-17-18(2,3)11-7-12-20(16,17)5/h6,8,16-17H,1,7,9-14H2,2-5H3/t16-,17-,19-,20-/m1/s1. The molecule has 0 heterocycles. The average Bonchev–Trinajstić information content (AvgIpc) is 2.37. The molecule has 0 aliphatic heterocycles. The maximum atomic E-state index is 4.09. The highest BCUT2D eigenvalue weighted by Crippen LogP contribution is 2.63. The average molecular weight is 272 g/mol. The SMILES string of the molecule is C=C[C@]1(C)CC[C@@H]2C(=CC[C@@H]3C(C)(C)CCC[C@]23C)C1. The lowest BCUT2D eigenvalue weighted by Crippen LogP contribution is -2.50. The second kappa shape index (κ2) is 4.49. The van der Waals surface area contributed by atoms with Crippen LogP contribution in [0.4, 0.5) is 0 Å². The molecule has 3 rings (SSSR count). The minimum Gasteiger partial charge on any atom is -0.103 e. The third kappa shape index (κ3) is 2.02. The zero-order chi connectivity index (χ0) is 14.6. The Morgan fingerprint density at radius 3 is 2.60 bits per heavy atom. The van der Waals surface area contributed by atoms with Crippen molar-refractivity contribution in [3.05, 3.63) is 24.3 Å². The molecule has 20 heavy (non-hydrogen) atoms. The van der Waals surface area contributed by atoms with E-state index in [0.29, 0.717) is 16.2 Å². The Bertz CT molecular complexity index is 441. The van der Waals surface area contributed by atoms with Gasteiger partial charge in [0.15, 0.2) is 0 Å². The zero-order valence-electron chi connectivity index (χ0n) is 14.0. The molecule has 3 aliphatic rings. The van der Waals surface area contributed by atoms with Crippen molar-refractivity contribution in [1.29, 1.82) is 0 Å². The van der Waals surface area contributed by atoms with Crippen molar-refractivity contribution in [2.45, 2.75) is 72.6 Å². The molecule has 0 aromatic heterocycles. The van der Waals surface area contributed by atoms with Crippen LogP contribution in [0.5, 0.6) is 0 Å². The summed E-state index contributed by atoms with van der Waals surface area (Å²) in [6.45, 7) is 14.1. The summed E-state index contributed by atoms with van der Waals surface area (Å²) >= 11 is 0. The first-order chi connectivity index (χ1) is 9.31. The van der Waals surface area contributed by atoms with Gasteiger partial charge in [-0.05, 0) is 66.6 Å². The molecular weight excluding hydrogens is 240 g/mol. The van der Waals surface area contributed by atoms with Crippen molar-refractivity contribution in [3.63, 3.8) is 0 Å². The van der Waals surface area contributed by atoms with E-state index in [4.69, 9.17) is 0 Å². The van der Waals surface area contributed by atoms with Crippen LogP contribution in [0.2, 0.25) is 0 Å². The van der Waals surface area contributed by atoms with Crippen LogP contribution in [-0.4, -0.2) is 0 Å². The highest BCUT2D eigenvalue weighted by Gasteiger charge is 2.53. The van der Waals surface area contributed by atoms with Gasteiger partial charge in [0.2, 0.25) is 0 Å². The third-order valence-corrected chi connectivity index (χ3v) is 7.24. The molecule has 0 radical (unpaired) electrons. The fourth-order valence-electron chi connectivity index (χ4n) is 5.92. The first-order valence-corrected chi connectivity index (χ1v) is 8.63. The molecule has 0 amide bonds. The Hall–Kier alpha value is -0.520. The quantitative estimate of drug-likeness (QED) is 0.503. The minimum absolute atomic E-state index is 0.357. The number of hydrogen-bond donors (Lipinski definition) is 0. The molecule has 0 aromatic carbocycles. The first-order valence-electron chi connectivity index (χ1n) is 8.63. The van der Waals surface area contributed by atoms with Crippen LogP contribution in [0.3, 0.4) is 0 Å². The van der Waals surface area contributed by atoms with E-state index in [-0.39, 0.29) is 0 Å². The van der Waals surface area contributed by atoms with Crippen LogP contribution in [0.25, 0.3) is 0 Å². The van der Waals surface area contributed by atoms with Gasteiger partial charge in [-0.25, -0.2) is 0 Å². The molecular formula is C20H32. The van der Waals surface area contributed by atoms with E-state index in [2.05, 4.69) is 46.4 Å². The lowest BCUT2D eigenvalue weighted by atomic mass is 9.46. The van der Waals surface area contributed by atoms with Crippen LogP contribution in [-0.2, 0) is 0 Å².